The Morgan fingerprint density at radius 1 is 1.30 bits per heavy atom. The summed E-state index contributed by atoms with van der Waals surface area (Å²) < 4.78 is 5.54. The van der Waals surface area contributed by atoms with E-state index in [1.165, 1.54) is 11.3 Å². The van der Waals surface area contributed by atoms with Crippen LogP contribution >= 0.6 is 11.3 Å². The second-order valence-electron chi connectivity index (χ2n) is 4.31. The number of ether oxygens (including phenoxy) is 1. The van der Waals surface area contributed by atoms with Crippen LogP contribution in [0.15, 0.2) is 29.6 Å². The highest BCUT2D eigenvalue weighted by atomic mass is 32.1. The van der Waals surface area contributed by atoms with Gasteiger partial charge in [-0.25, -0.2) is 4.98 Å². The number of nitrogens with zero attached hydrogens (tertiary/aromatic N) is 1. The van der Waals surface area contributed by atoms with Crippen LogP contribution in [0.25, 0.3) is 11.3 Å². The van der Waals surface area contributed by atoms with Crippen molar-refractivity contribution in [2.45, 2.75) is 26.7 Å². The number of aromatic nitrogens is 1. The van der Waals surface area contributed by atoms with Gasteiger partial charge in [-0.05, 0) is 30.7 Å². The van der Waals surface area contributed by atoms with Gasteiger partial charge in [0.2, 0.25) is 5.91 Å². The molecule has 1 aromatic heterocycles. The summed E-state index contributed by atoms with van der Waals surface area (Å²) in [7, 11) is 0. The van der Waals surface area contributed by atoms with E-state index in [0.29, 0.717) is 11.6 Å². The maximum Gasteiger partial charge on any atom is 0.225 e. The Morgan fingerprint density at radius 3 is 2.70 bits per heavy atom. The van der Waals surface area contributed by atoms with Crippen molar-refractivity contribution in [2.24, 2.45) is 0 Å². The first-order valence-corrected chi connectivity index (χ1v) is 7.59. The summed E-state index contributed by atoms with van der Waals surface area (Å²) >= 11 is 1.43. The number of rotatable bonds is 6. The van der Waals surface area contributed by atoms with Gasteiger partial charge in [-0.2, -0.15) is 0 Å². The SMILES string of the molecule is CCCOc1ccc(-c2csc(NC(=O)CC)n2)cc1. The molecule has 0 saturated heterocycles. The van der Waals surface area contributed by atoms with Crippen LogP contribution < -0.4 is 10.1 Å². The van der Waals surface area contributed by atoms with Crippen LogP contribution in [0.5, 0.6) is 5.75 Å². The van der Waals surface area contributed by atoms with Crippen LogP contribution in [0, 0.1) is 0 Å². The van der Waals surface area contributed by atoms with E-state index >= 15 is 0 Å². The van der Waals surface area contributed by atoms with Crippen LogP contribution in [0.3, 0.4) is 0 Å². The highest BCUT2D eigenvalue weighted by molar-refractivity contribution is 7.14. The van der Waals surface area contributed by atoms with E-state index in [1.54, 1.807) is 0 Å². The van der Waals surface area contributed by atoms with Crippen molar-refractivity contribution in [1.82, 2.24) is 4.98 Å². The Labute approximate surface area is 122 Å². The minimum absolute atomic E-state index is 0.0192. The fourth-order valence-corrected chi connectivity index (χ4v) is 2.35. The normalized spacial score (nSPS) is 10.3. The van der Waals surface area contributed by atoms with Gasteiger partial charge in [-0.15, -0.1) is 11.3 Å². The molecule has 0 spiro atoms. The van der Waals surface area contributed by atoms with E-state index in [-0.39, 0.29) is 5.91 Å². The minimum atomic E-state index is -0.0192. The van der Waals surface area contributed by atoms with Gasteiger partial charge in [0.15, 0.2) is 5.13 Å². The average molecular weight is 290 g/mol. The van der Waals surface area contributed by atoms with Crippen LogP contribution in [-0.2, 0) is 4.79 Å². The highest BCUT2D eigenvalue weighted by Crippen LogP contribution is 2.26. The lowest BCUT2D eigenvalue weighted by Gasteiger charge is -2.04. The van der Waals surface area contributed by atoms with Crippen molar-refractivity contribution in [3.63, 3.8) is 0 Å². The maximum absolute atomic E-state index is 11.3. The van der Waals surface area contributed by atoms with Crippen LogP contribution in [0.1, 0.15) is 26.7 Å². The van der Waals surface area contributed by atoms with E-state index in [2.05, 4.69) is 17.2 Å². The van der Waals surface area contributed by atoms with Gasteiger partial charge in [0, 0.05) is 17.4 Å². The van der Waals surface area contributed by atoms with Crippen molar-refractivity contribution in [3.8, 4) is 17.0 Å². The number of benzene rings is 1. The Kier molecular flexibility index (Phi) is 5.12. The molecule has 4 nitrogen and oxygen atoms in total. The summed E-state index contributed by atoms with van der Waals surface area (Å²) in [6.45, 7) is 4.62. The summed E-state index contributed by atoms with van der Waals surface area (Å²) in [6.07, 6.45) is 1.45. The van der Waals surface area contributed by atoms with Gasteiger partial charge < -0.3 is 10.1 Å². The van der Waals surface area contributed by atoms with E-state index < -0.39 is 0 Å². The van der Waals surface area contributed by atoms with Gasteiger partial charge in [-0.3, -0.25) is 4.79 Å². The predicted octanol–water partition coefficient (Wildman–Crippen LogP) is 3.95. The zero-order chi connectivity index (χ0) is 14.4. The van der Waals surface area contributed by atoms with Gasteiger partial charge in [0.1, 0.15) is 5.75 Å². The fraction of sp³-hybridized carbons (Fsp3) is 0.333. The molecule has 106 valence electrons. The number of anilines is 1. The zero-order valence-corrected chi connectivity index (χ0v) is 12.5. The standard InChI is InChI=1S/C15H18N2O2S/c1-3-9-19-12-7-5-11(6-8-12)13-10-20-15(16-13)17-14(18)4-2/h5-8,10H,3-4,9H2,1-2H3,(H,16,17,18). The highest BCUT2D eigenvalue weighted by Gasteiger charge is 2.07. The maximum atomic E-state index is 11.3. The summed E-state index contributed by atoms with van der Waals surface area (Å²) in [6, 6.07) is 7.83. The molecule has 1 heterocycles. The molecule has 0 atom stereocenters. The lowest BCUT2D eigenvalue weighted by Crippen LogP contribution is -2.08. The second kappa shape index (κ2) is 7.05. The third kappa shape index (κ3) is 3.81. The molecule has 0 aliphatic carbocycles. The molecule has 20 heavy (non-hydrogen) atoms. The molecule has 2 rings (SSSR count). The van der Waals surface area contributed by atoms with Crippen molar-refractivity contribution >= 4 is 22.4 Å². The molecular weight excluding hydrogens is 272 g/mol. The third-order valence-corrected chi connectivity index (χ3v) is 3.45. The van der Waals surface area contributed by atoms with Crippen LogP contribution in [0.2, 0.25) is 0 Å². The van der Waals surface area contributed by atoms with Gasteiger partial charge >= 0.3 is 0 Å². The molecule has 0 bridgehead atoms. The molecule has 0 fully saturated rings. The molecule has 0 unspecified atom stereocenters. The number of carbonyl (C=O) groups is 1. The number of thiazole rings is 1. The summed E-state index contributed by atoms with van der Waals surface area (Å²) in [5.41, 5.74) is 1.88. The topological polar surface area (TPSA) is 51.2 Å². The van der Waals surface area contributed by atoms with E-state index in [9.17, 15) is 4.79 Å². The van der Waals surface area contributed by atoms with Gasteiger partial charge in [0.05, 0.1) is 12.3 Å². The zero-order valence-electron chi connectivity index (χ0n) is 11.7. The first kappa shape index (κ1) is 14.5. The van der Waals surface area contributed by atoms with Crippen molar-refractivity contribution in [2.75, 3.05) is 11.9 Å². The summed E-state index contributed by atoms with van der Waals surface area (Å²) in [5.74, 6) is 0.847. The molecule has 2 aromatic rings. The molecule has 0 saturated carbocycles. The smallest absolute Gasteiger partial charge is 0.225 e. The molecule has 1 N–H and O–H groups in total. The number of amides is 1. The number of hydrogen-bond acceptors (Lipinski definition) is 4. The largest absolute Gasteiger partial charge is 0.494 e. The Balaban J connectivity index is 2.06. The quantitative estimate of drug-likeness (QED) is 0.876. The molecular formula is C15H18N2O2S. The summed E-state index contributed by atoms with van der Waals surface area (Å²) in [5, 5.41) is 5.34. The van der Waals surface area contributed by atoms with Crippen molar-refractivity contribution in [3.05, 3.63) is 29.6 Å². The Bertz CT molecular complexity index is 564. The third-order valence-electron chi connectivity index (χ3n) is 2.69. The van der Waals surface area contributed by atoms with Gasteiger partial charge in [0.25, 0.3) is 0 Å². The number of carbonyl (C=O) groups excluding carboxylic acids is 1. The molecule has 1 aromatic carbocycles. The minimum Gasteiger partial charge on any atom is -0.494 e. The van der Waals surface area contributed by atoms with Crippen LogP contribution in [0.4, 0.5) is 5.13 Å². The number of hydrogen-bond donors (Lipinski definition) is 1. The van der Waals surface area contributed by atoms with E-state index in [4.69, 9.17) is 4.74 Å². The van der Waals surface area contributed by atoms with Gasteiger partial charge in [-0.1, -0.05) is 13.8 Å². The molecule has 0 radical (unpaired) electrons. The molecule has 1 amide bonds. The van der Waals surface area contributed by atoms with E-state index in [1.807, 2.05) is 36.6 Å². The average Bonchev–Trinajstić information content (AvgIpc) is 2.94. The number of nitrogens with one attached hydrogen (secondary N) is 1. The fourth-order valence-electron chi connectivity index (χ4n) is 1.61. The van der Waals surface area contributed by atoms with Crippen molar-refractivity contribution < 1.29 is 9.53 Å². The lowest BCUT2D eigenvalue weighted by molar-refractivity contribution is -0.115. The first-order chi connectivity index (χ1) is 9.72. The Hall–Kier alpha value is -1.88. The predicted molar refractivity (Wildman–Crippen MR) is 82.3 cm³/mol. The molecule has 0 aliphatic heterocycles. The lowest BCUT2D eigenvalue weighted by atomic mass is 10.2. The summed E-state index contributed by atoms with van der Waals surface area (Å²) in [4.78, 5) is 15.7. The second-order valence-corrected chi connectivity index (χ2v) is 5.17. The van der Waals surface area contributed by atoms with Crippen molar-refractivity contribution in [1.29, 1.82) is 0 Å². The molecule has 0 aliphatic rings. The molecule has 5 heteroatoms. The monoisotopic (exact) mass is 290 g/mol. The Morgan fingerprint density at radius 2 is 2.05 bits per heavy atom. The first-order valence-electron chi connectivity index (χ1n) is 6.71. The van der Waals surface area contributed by atoms with E-state index in [0.717, 1.165) is 30.0 Å². The van der Waals surface area contributed by atoms with Crippen LogP contribution in [-0.4, -0.2) is 17.5 Å².